The molecule has 20 heavy (non-hydrogen) atoms. The molecule has 1 fully saturated rings. The third-order valence-corrected chi connectivity index (χ3v) is 3.71. The number of ether oxygens (including phenoxy) is 1. The van der Waals surface area contributed by atoms with Gasteiger partial charge in [-0.25, -0.2) is 0 Å². The Labute approximate surface area is 117 Å². The van der Waals surface area contributed by atoms with E-state index in [-0.39, 0.29) is 0 Å². The van der Waals surface area contributed by atoms with E-state index in [4.69, 9.17) is 4.74 Å². The summed E-state index contributed by atoms with van der Waals surface area (Å²) in [6, 6.07) is 0. The van der Waals surface area contributed by atoms with E-state index in [1.165, 1.54) is 0 Å². The minimum absolute atomic E-state index is 0.303. The predicted octanol–water partition coefficient (Wildman–Crippen LogP) is 1.62. The highest BCUT2D eigenvalue weighted by Crippen LogP contribution is 2.24. The van der Waals surface area contributed by atoms with Gasteiger partial charge in [-0.05, 0) is 20.3 Å². The number of anilines is 2. The molecule has 0 saturated carbocycles. The van der Waals surface area contributed by atoms with E-state index >= 15 is 0 Å². The summed E-state index contributed by atoms with van der Waals surface area (Å²) in [6.07, 6.45) is 3.15. The van der Waals surface area contributed by atoms with E-state index < -0.39 is 0 Å². The van der Waals surface area contributed by atoms with E-state index in [1.807, 2.05) is 6.92 Å². The van der Waals surface area contributed by atoms with Crippen molar-refractivity contribution in [3.8, 4) is 0 Å². The van der Waals surface area contributed by atoms with Crippen LogP contribution in [0.1, 0.15) is 20.3 Å². The molecule has 0 aromatic carbocycles. The highest BCUT2D eigenvalue weighted by molar-refractivity contribution is 5.86. The summed E-state index contributed by atoms with van der Waals surface area (Å²) in [6.45, 7) is 6.62. The lowest BCUT2D eigenvalue weighted by molar-refractivity contribution is 0.108. The van der Waals surface area contributed by atoms with Gasteiger partial charge in [0.15, 0.2) is 5.65 Å². The smallest absolute Gasteiger partial charge is 0.226 e. The second-order valence-corrected chi connectivity index (χ2v) is 5.06. The third kappa shape index (κ3) is 2.53. The van der Waals surface area contributed by atoms with E-state index in [2.05, 4.69) is 37.7 Å². The van der Waals surface area contributed by atoms with Gasteiger partial charge < -0.3 is 15.4 Å². The average molecular weight is 276 g/mol. The van der Waals surface area contributed by atoms with Gasteiger partial charge in [0.2, 0.25) is 5.95 Å². The van der Waals surface area contributed by atoms with Crippen molar-refractivity contribution in [3.63, 3.8) is 0 Å². The van der Waals surface area contributed by atoms with Crippen LogP contribution in [0, 0.1) is 5.92 Å². The summed E-state index contributed by atoms with van der Waals surface area (Å²) in [5.74, 6) is 1.95. The van der Waals surface area contributed by atoms with Crippen LogP contribution in [-0.4, -0.2) is 46.0 Å². The summed E-state index contributed by atoms with van der Waals surface area (Å²) in [5, 5.41) is 14.4. The van der Waals surface area contributed by atoms with Crippen LogP contribution in [0.4, 0.5) is 11.8 Å². The first kappa shape index (κ1) is 13.1. The van der Waals surface area contributed by atoms with Crippen molar-refractivity contribution in [2.45, 2.75) is 26.4 Å². The van der Waals surface area contributed by atoms with Crippen LogP contribution in [0.25, 0.3) is 11.0 Å². The van der Waals surface area contributed by atoms with Crippen molar-refractivity contribution in [2.24, 2.45) is 5.92 Å². The molecule has 0 amide bonds. The fourth-order valence-corrected chi connectivity index (χ4v) is 2.48. The lowest BCUT2D eigenvalue weighted by Crippen LogP contribution is -2.21. The molecule has 2 aromatic rings. The van der Waals surface area contributed by atoms with Crippen LogP contribution in [-0.2, 0) is 4.74 Å². The molecule has 0 radical (unpaired) electrons. The minimum atomic E-state index is 0.303. The molecular weight excluding hydrogens is 256 g/mol. The maximum atomic E-state index is 5.59. The van der Waals surface area contributed by atoms with Crippen LogP contribution < -0.4 is 10.6 Å². The molecule has 2 aromatic heterocycles. The fraction of sp³-hybridized carbons (Fsp3) is 0.615. The molecule has 3 heterocycles. The Balaban J connectivity index is 1.80. The Kier molecular flexibility index (Phi) is 3.68. The van der Waals surface area contributed by atoms with Crippen molar-refractivity contribution < 1.29 is 4.74 Å². The maximum absolute atomic E-state index is 5.59. The largest absolute Gasteiger partial charge is 0.378 e. The Bertz CT molecular complexity index is 583. The normalized spacial score (nSPS) is 22.3. The number of H-pyrrole nitrogens is 1. The van der Waals surface area contributed by atoms with Crippen molar-refractivity contribution in [3.05, 3.63) is 6.20 Å². The minimum Gasteiger partial charge on any atom is -0.378 e. The summed E-state index contributed by atoms with van der Waals surface area (Å²) >= 11 is 0. The molecule has 1 aliphatic heterocycles. The monoisotopic (exact) mass is 276 g/mol. The Morgan fingerprint density at radius 1 is 1.40 bits per heavy atom. The Morgan fingerprint density at radius 2 is 2.30 bits per heavy atom. The zero-order chi connectivity index (χ0) is 13.9. The SMILES string of the molecule is CCNc1nc(NCC2CCOC2C)c2cn[nH]c2n1. The van der Waals surface area contributed by atoms with Gasteiger partial charge in [-0.15, -0.1) is 0 Å². The predicted molar refractivity (Wildman–Crippen MR) is 77.9 cm³/mol. The molecule has 0 aliphatic carbocycles. The number of nitrogens with zero attached hydrogens (tertiary/aromatic N) is 3. The molecule has 0 bridgehead atoms. The molecule has 2 atom stereocenters. The molecule has 1 aliphatic rings. The fourth-order valence-electron chi connectivity index (χ4n) is 2.48. The zero-order valence-corrected chi connectivity index (χ0v) is 11.8. The van der Waals surface area contributed by atoms with Gasteiger partial charge in [0, 0.05) is 25.6 Å². The molecule has 1 saturated heterocycles. The van der Waals surface area contributed by atoms with Crippen molar-refractivity contribution >= 4 is 22.8 Å². The van der Waals surface area contributed by atoms with Gasteiger partial charge in [0.1, 0.15) is 5.82 Å². The molecule has 3 N–H and O–H groups in total. The highest BCUT2D eigenvalue weighted by Gasteiger charge is 2.24. The molecular formula is C13H20N6O. The number of rotatable bonds is 5. The average Bonchev–Trinajstić information content (AvgIpc) is 3.05. The van der Waals surface area contributed by atoms with Gasteiger partial charge >= 0.3 is 0 Å². The third-order valence-electron chi connectivity index (χ3n) is 3.71. The van der Waals surface area contributed by atoms with E-state index in [0.29, 0.717) is 18.0 Å². The van der Waals surface area contributed by atoms with Gasteiger partial charge in [0.25, 0.3) is 0 Å². The quantitative estimate of drug-likeness (QED) is 0.769. The lowest BCUT2D eigenvalue weighted by atomic mass is 10.0. The van der Waals surface area contributed by atoms with E-state index in [1.54, 1.807) is 6.20 Å². The zero-order valence-electron chi connectivity index (χ0n) is 11.8. The molecule has 7 heteroatoms. The highest BCUT2D eigenvalue weighted by atomic mass is 16.5. The standard InChI is InChI=1S/C13H20N6O/c1-3-14-13-17-11(10-7-16-19-12(10)18-13)15-6-9-4-5-20-8(9)2/h7-9H,3-6H2,1-2H3,(H3,14,15,16,17,18,19). The molecule has 3 rings (SSSR count). The van der Waals surface area contributed by atoms with Crippen LogP contribution in [0.3, 0.4) is 0 Å². The molecule has 7 nitrogen and oxygen atoms in total. The number of aromatic amines is 1. The second-order valence-electron chi connectivity index (χ2n) is 5.06. The van der Waals surface area contributed by atoms with Crippen LogP contribution in [0.15, 0.2) is 6.20 Å². The Morgan fingerprint density at radius 3 is 3.05 bits per heavy atom. The topological polar surface area (TPSA) is 87.8 Å². The number of hydrogen-bond acceptors (Lipinski definition) is 6. The van der Waals surface area contributed by atoms with E-state index in [0.717, 1.165) is 43.0 Å². The summed E-state index contributed by atoms with van der Waals surface area (Å²) in [7, 11) is 0. The maximum Gasteiger partial charge on any atom is 0.226 e. The lowest BCUT2D eigenvalue weighted by Gasteiger charge is -2.15. The number of hydrogen-bond donors (Lipinski definition) is 3. The van der Waals surface area contributed by atoms with Gasteiger partial charge in [-0.1, -0.05) is 0 Å². The van der Waals surface area contributed by atoms with Gasteiger partial charge in [-0.3, -0.25) is 5.10 Å². The van der Waals surface area contributed by atoms with Crippen molar-refractivity contribution in [1.82, 2.24) is 20.2 Å². The summed E-state index contributed by atoms with van der Waals surface area (Å²) < 4.78 is 5.59. The molecule has 0 spiro atoms. The first-order chi connectivity index (χ1) is 9.78. The first-order valence-electron chi connectivity index (χ1n) is 7.08. The number of aromatic nitrogens is 4. The summed E-state index contributed by atoms with van der Waals surface area (Å²) in [5.41, 5.74) is 0.745. The Hall–Kier alpha value is -1.89. The summed E-state index contributed by atoms with van der Waals surface area (Å²) in [4.78, 5) is 8.89. The van der Waals surface area contributed by atoms with Crippen LogP contribution in [0.5, 0.6) is 0 Å². The number of nitrogens with one attached hydrogen (secondary N) is 3. The van der Waals surface area contributed by atoms with Crippen LogP contribution >= 0.6 is 0 Å². The molecule has 2 unspecified atom stereocenters. The van der Waals surface area contributed by atoms with Crippen molar-refractivity contribution in [1.29, 1.82) is 0 Å². The second kappa shape index (κ2) is 5.62. The van der Waals surface area contributed by atoms with Crippen LogP contribution in [0.2, 0.25) is 0 Å². The first-order valence-corrected chi connectivity index (χ1v) is 7.08. The number of fused-ring (bicyclic) bond motifs is 1. The van der Waals surface area contributed by atoms with Gasteiger partial charge in [0.05, 0.1) is 17.7 Å². The van der Waals surface area contributed by atoms with E-state index in [9.17, 15) is 0 Å². The van der Waals surface area contributed by atoms with Gasteiger partial charge in [-0.2, -0.15) is 15.1 Å². The molecule has 108 valence electrons. The van der Waals surface area contributed by atoms with Crippen molar-refractivity contribution in [2.75, 3.05) is 30.3 Å².